The van der Waals surface area contributed by atoms with E-state index in [-0.39, 0.29) is 5.56 Å². The first-order chi connectivity index (χ1) is 13.5. The second-order valence-corrected chi connectivity index (χ2v) is 6.34. The zero-order valence-corrected chi connectivity index (χ0v) is 15.9. The van der Waals surface area contributed by atoms with E-state index >= 15 is 0 Å². The first kappa shape index (κ1) is 19.5. The normalized spacial score (nSPS) is 10.8. The van der Waals surface area contributed by atoms with Gasteiger partial charge in [-0.25, -0.2) is 4.79 Å². The largest absolute Gasteiger partial charge is 0.497 e. The predicted octanol–water partition coefficient (Wildman–Crippen LogP) is 5.38. The monoisotopic (exact) mass is 395 g/mol. The van der Waals surface area contributed by atoms with Gasteiger partial charge in [0.1, 0.15) is 18.1 Å². The Labute approximate surface area is 167 Å². The van der Waals surface area contributed by atoms with Crippen molar-refractivity contribution in [3.05, 3.63) is 88.4 Å². The third kappa shape index (κ3) is 5.11. The Hall–Kier alpha value is -3.31. The zero-order valence-electron chi connectivity index (χ0n) is 15.1. The van der Waals surface area contributed by atoms with Crippen LogP contribution in [0.25, 0.3) is 0 Å². The Morgan fingerprint density at radius 3 is 2.39 bits per heavy atom. The minimum Gasteiger partial charge on any atom is -0.497 e. The van der Waals surface area contributed by atoms with Gasteiger partial charge < -0.3 is 14.6 Å². The molecule has 0 heterocycles. The smallest absolute Gasteiger partial charge is 0.335 e. The highest BCUT2D eigenvalue weighted by atomic mass is 35.5. The van der Waals surface area contributed by atoms with E-state index in [1.165, 1.54) is 0 Å². The number of carboxylic acid groups (broad SMARTS) is 1. The molecule has 6 heteroatoms. The molecule has 0 aliphatic rings. The molecule has 0 spiro atoms. The lowest BCUT2D eigenvalue weighted by molar-refractivity contribution is 0.0697. The second kappa shape index (κ2) is 9.06. The first-order valence-electron chi connectivity index (χ1n) is 8.48. The van der Waals surface area contributed by atoms with E-state index in [4.69, 9.17) is 26.2 Å². The average molecular weight is 396 g/mol. The molecule has 0 amide bonds. The minimum absolute atomic E-state index is 0.238. The van der Waals surface area contributed by atoms with Crippen molar-refractivity contribution >= 4 is 29.5 Å². The first-order valence-corrected chi connectivity index (χ1v) is 8.85. The van der Waals surface area contributed by atoms with Crippen LogP contribution in [-0.2, 0) is 6.61 Å². The molecular formula is C22H18ClNO4. The van der Waals surface area contributed by atoms with Gasteiger partial charge >= 0.3 is 5.97 Å². The SMILES string of the molecule is COc1ccc(N=Cc2ccc(OCc3ccc(C(=O)O)cc3)c(Cl)c2)cc1. The highest BCUT2D eigenvalue weighted by Crippen LogP contribution is 2.26. The van der Waals surface area contributed by atoms with Crippen molar-refractivity contribution in [1.29, 1.82) is 0 Å². The van der Waals surface area contributed by atoms with Crippen LogP contribution in [0.1, 0.15) is 21.5 Å². The van der Waals surface area contributed by atoms with Crippen LogP contribution in [0, 0.1) is 0 Å². The molecular weight excluding hydrogens is 378 g/mol. The van der Waals surface area contributed by atoms with Crippen molar-refractivity contribution in [2.75, 3.05) is 7.11 Å². The van der Waals surface area contributed by atoms with E-state index in [0.29, 0.717) is 17.4 Å². The lowest BCUT2D eigenvalue weighted by Crippen LogP contribution is -1.99. The summed E-state index contributed by atoms with van der Waals surface area (Å²) in [6.07, 6.45) is 1.72. The number of hydrogen-bond donors (Lipinski definition) is 1. The highest BCUT2D eigenvalue weighted by Gasteiger charge is 2.05. The van der Waals surface area contributed by atoms with Crippen molar-refractivity contribution in [1.82, 2.24) is 0 Å². The van der Waals surface area contributed by atoms with Gasteiger partial charge in [-0.15, -0.1) is 0 Å². The molecule has 28 heavy (non-hydrogen) atoms. The van der Waals surface area contributed by atoms with Crippen LogP contribution in [-0.4, -0.2) is 24.4 Å². The van der Waals surface area contributed by atoms with Crippen LogP contribution < -0.4 is 9.47 Å². The summed E-state index contributed by atoms with van der Waals surface area (Å²) in [7, 11) is 1.62. The Morgan fingerprint density at radius 1 is 1.07 bits per heavy atom. The quantitative estimate of drug-likeness (QED) is 0.545. The van der Waals surface area contributed by atoms with Crippen molar-refractivity contribution < 1.29 is 19.4 Å². The fourth-order valence-electron chi connectivity index (χ4n) is 2.44. The molecule has 0 radical (unpaired) electrons. The Kier molecular flexibility index (Phi) is 6.29. The number of carboxylic acids is 1. The van der Waals surface area contributed by atoms with Crippen LogP contribution in [0.4, 0.5) is 5.69 Å². The number of aliphatic imine (C=N–C) groups is 1. The lowest BCUT2D eigenvalue weighted by atomic mass is 10.1. The highest BCUT2D eigenvalue weighted by molar-refractivity contribution is 6.32. The Balaban J connectivity index is 1.63. The van der Waals surface area contributed by atoms with E-state index in [1.807, 2.05) is 30.3 Å². The summed E-state index contributed by atoms with van der Waals surface area (Å²) >= 11 is 6.30. The summed E-state index contributed by atoms with van der Waals surface area (Å²) in [6, 6.07) is 19.4. The van der Waals surface area contributed by atoms with Crippen LogP contribution >= 0.6 is 11.6 Å². The van der Waals surface area contributed by atoms with Gasteiger partial charge in [0.2, 0.25) is 0 Å². The van der Waals surface area contributed by atoms with Crippen LogP contribution in [0.2, 0.25) is 5.02 Å². The number of benzene rings is 3. The topological polar surface area (TPSA) is 68.1 Å². The lowest BCUT2D eigenvalue weighted by Gasteiger charge is -2.09. The molecule has 0 aromatic heterocycles. The molecule has 0 atom stereocenters. The molecule has 3 aromatic carbocycles. The van der Waals surface area contributed by atoms with Gasteiger partial charge in [-0.05, 0) is 65.7 Å². The van der Waals surface area contributed by atoms with Gasteiger partial charge in [0.25, 0.3) is 0 Å². The molecule has 0 saturated carbocycles. The van der Waals surface area contributed by atoms with Crippen LogP contribution in [0.15, 0.2) is 71.7 Å². The molecule has 0 saturated heterocycles. The van der Waals surface area contributed by atoms with Crippen molar-refractivity contribution in [3.8, 4) is 11.5 Å². The molecule has 0 aliphatic heterocycles. The van der Waals surface area contributed by atoms with Crippen molar-refractivity contribution in [3.63, 3.8) is 0 Å². The van der Waals surface area contributed by atoms with E-state index < -0.39 is 5.97 Å². The van der Waals surface area contributed by atoms with Crippen molar-refractivity contribution in [2.24, 2.45) is 4.99 Å². The summed E-state index contributed by atoms with van der Waals surface area (Å²) in [5.74, 6) is 0.370. The number of aromatic carboxylic acids is 1. The summed E-state index contributed by atoms with van der Waals surface area (Å²) in [5, 5.41) is 9.39. The molecule has 1 N–H and O–H groups in total. The van der Waals surface area contributed by atoms with E-state index in [9.17, 15) is 4.79 Å². The van der Waals surface area contributed by atoms with Gasteiger partial charge in [0, 0.05) is 6.21 Å². The van der Waals surface area contributed by atoms with E-state index in [0.717, 1.165) is 22.6 Å². The molecule has 0 fully saturated rings. The number of nitrogens with zero attached hydrogens (tertiary/aromatic N) is 1. The number of halogens is 1. The van der Waals surface area contributed by atoms with Gasteiger partial charge in [0.05, 0.1) is 23.4 Å². The molecule has 5 nitrogen and oxygen atoms in total. The van der Waals surface area contributed by atoms with Gasteiger partial charge in [-0.1, -0.05) is 23.7 Å². The third-order valence-corrected chi connectivity index (χ3v) is 4.28. The Morgan fingerprint density at radius 2 is 1.79 bits per heavy atom. The summed E-state index contributed by atoms with van der Waals surface area (Å²) in [5.41, 5.74) is 2.74. The number of hydrogen-bond acceptors (Lipinski definition) is 4. The summed E-state index contributed by atoms with van der Waals surface area (Å²) in [6.45, 7) is 0.291. The fourth-order valence-corrected chi connectivity index (χ4v) is 2.68. The molecule has 0 bridgehead atoms. The standard InChI is InChI=1S/C22H18ClNO4/c1-27-19-9-7-18(8-10-19)24-13-16-4-11-21(20(23)12-16)28-14-15-2-5-17(6-3-15)22(25)26/h2-13H,14H2,1H3,(H,25,26). The maximum absolute atomic E-state index is 10.9. The number of rotatable bonds is 7. The molecule has 0 unspecified atom stereocenters. The minimum atomic E-state index is -0.956. The third-order valence-electron chi connectivity index (χ3n) is 3.99. The number of methoxy groups -OCH3 is 1. The van der Waals surface area contributed by atoms with E-state index in [1.54, 1.807) is 49.7 Å². The maximum atomic E-state index is 10.9. The van der Waals surface area contributed by atoms with Gasteiger partial charge in [-0.3, -0.25) is 4.99 Å². The van der Waals surface area contributed by atoms with Crippen LogP contribution in [0.3, 0.4) is 0 Å². The summed E-state index contributed by atoms with van der Waals surface area (Å²) < 4.78 is 10.9. The zero-order chi connectivity index (χ0) is 19.9. The number of carbonyl (C=O) groups is 1. The fraction of sp³-hybridized carbons (Fsp3) is 0.0909. The van der Waals surface area contributed by atoms with Gasteiger partial charge in [-0.2, -0.15) is 0 Å². The Bertz CT molecular complexity index is 982. The molecule has 0 aliphatic carbocycles. The summed E-state index contributed by atoms with van der Waals surface area (Å²) in [4.78, 5) is 15.3. The average Bonchev–Trinajstić information content (AvgIpc) is 2.72. The van der Waals surface area contributed by atoms with Crippen molar-refractivity contribution in [2.45, 2.75) is 6.61 Å². The van der Waals surface area contributed by atoms with Crippen LogP contribution in [0.5, 0.6) is 11.5 Å². The number of ether oxygens (including phenoxy) is 2. The van der Waals surface area contributed by atoms with E-state index in [2.05, 4.69) is 4.99 Å². The van der Waals surface area contributed by atoms with Gasteiger partial charge in [0.15, 0.2) is 0 Å². The maximum Gasteiger partial charge on any atom is 0.335 e. The molecule has 3 aromatic rings. The molecule has 142 valence electrons. The predicted molar refractivity (Wildman–Crippen MR) is 109 cm³/mol. The second-order valence-electron chi connectivity index (χ2n) is 5.94. The molecule has 3 rings (SSSR count).